The van der Waals surface area contributed by atoms with Crippen molar-refractivity contribution in [2.75, 3.05) is 13.7 Å². The Morgan fingerprint density at radius 3 is 2.39 bits per heavy atom. The fourth-order valence-electron chi connectivity index (χ4n) is 3.97. The molecule has 6 heteroatoms. The molecule has 3 rings (SSSR count). The molecule has 1 amide bonds. The van der Waals surface area contributed by atoms with Gasteiger partial charge in [-0.25, -0.2) is 4.98 Å². The number of fused-ring (bicyclic) bond motifs is 1. The van der Waals surface area contributed by atoms with Crippen molar-refractivity contribution in [2.45, 2.75) is 59.9 Å². The second-order valence-corrected chi connectivity index (χ2v) is 9.68. The maximum Gasteiger partial charge on any atom is 0.266 e. The van der Waals surface area contributed by atoms with Crippen molar-refractivity contribution in [3.05, 3.63) is 64.7 Å². The van der Waals surface area contributed by atoms with E-state index in [1.807, 2.05) is 54.3 Å². The molecule has 0 aliphatic carbocycles. The summed E-state index contributed by atoms with van der Waals surface area (Å²) >= 11 is 0. The highest BCUT2D eigenvalue weighted by molar-refractivity contribution is 5.79. The van der Waals surface area contributed by atoms with E-state index >= 15 is 0 Å². The quantitative estimate of drug-likeness (QED) is 0.454. The Balaban J connectivity index is 2.19. The molecule has 1 unspecified atom stereocenters. The molecular formula is C27H35N3O3. The van der Waals surface area contributed by atoms with Gasteiger partial charge in [0.25, 0.3) is 5.56 Å². The Hall–Kier alpha value is -3.15. The number of methoxy groups -OCH3 is 1. The fraction of sp³-hybridized carbons (Fsp3) is 0.444. The first-order valence-corrected chi connectivity index (χ1v) is 11.6. The number of benzene rings is 2. The van der Waals surface area contributed by atoms with Crippen molar-refractivity contribution in [2.24, 2.45) is 5.41 Å². The van der Waals surface area contributed by atoms with Crippen molar-refractivity contribution < 1.29 is 9.53 Å². The van der Waals surface area contributed by atoms with Crippen LogP contribution in [0.3, 0.4) is 0 Å². The number of carbonyl (C=O) groups is 1. The number of amides is 1. The summed E-state index contributed by atoms with van der Waals surface area (Å²) in [5.74, 6) is 1.34. The van der Waals surface area contributed by atoms with E-state index in [4.69, 9.17) is 9.72 Å². The van der Waals surface area contributed by atoms with Crippen LogP contribution in [0, 0.1) is 5.41 Å². The van der Waals surface area contributed by atoms with Crippen LogP contribution in [0.15, 0.2) is 53.3 Å². The van der Waals surface area contributed by atoms with E-state index in [9.17, 15) is 9.59 Å². The molecule has 176 valence electrons. The van der Waals surface area contributed by atoms with Crippen molar-refractivity contribution in [1.82, 2.24) is 14.5 Å². The number of nitrogens with zero attached hydrogens (tertiary/aromatic N) is 3. The Labute approximate surface area is 196 Å². The van der Waals surface area contributed by atoms with Gasteiger partial charge in [-0.15, -0.1) is 0 Å². The molecule has 33 heavy (non-hydrogen) atoms. The zero-order valence-electron chi connectivity index (χ0n) is 20.6. The van der Waals surface area contributed by atoms with Gasteiger partial charge in [-0.2, -0.15) is 0 Å². The molecule has 0 aliphatic heterocycles. The van der Waals surface area contributed by atoms with Crippen LogP contribution in [0.5, 0.6) is 5.75 Å². The standard InChI is InChI=1S/C27H35N3O3/c1-7-8-17-29(24(31)18-27(3,4)5)19(2)25-28-23-12-10-9-11-22(23)26(32)30(25)20-13-15-21(33-6)16-14-20/h9-16,19H,7-8,17-18H2,1-6H3. The van der Waals surface area contributed by atoms with Gasteiger partial charge >= 0.3 is 0 Å². The number of carbonyl (C=O) groups excluding carboxylic acids is 1. The van der Waals surface area contributed by atoms with Gasteiger partial charge in [-0.3, -0.25) is 14.2 Å². The first-order valence-electron chi connectivity index (χ1n) is 11.6. The minimum atomic E-state index is -0.370. The van der Waals surface area contributed by atoms with Crippen LogP contribution in [0.25, 0.3) is 16.6 Å². The molecule has 0 N–H and O–H groups in total. The lowest BCUT2D eigenvalue weighted by Crippen LogP contribution is -2.39. The lowest BCUT2D eigenvalue weighted by Gasteiger charge is -2.32. The molecule has 0 spiro atoms. The number of aromatic nitrogens is 2. The van der Waals surface area contributed by atoms with Gasteiger partial charge in [-0.1, -0.05) is 46.2 Å². The number of unbranched alkanes of at least 4 members (excludes halogenated alkanes) is 1. The average molecular weight is 450 g/mol. The van der Waals surface area contributed by atoms with Gasteiger partial charge in [-0.05, 0) is 55.2 Å². The minimum Gasteiger partial charge on any atom is -0.497 e. The summed E-state index contributed by atoms with van der Waals surface area (Å²) in [6.07, 6.45) is 2.30. The van der Waals surface area contributed by atoms with Gasteiger partial charge in [0, 0.05) is 13.0 Å². The molecule has 1 atom stereocenters. The van der Waals surface area contributed by atoms with E-state index in [1.54, 1.807) is 17.7 Å². The van der Waals surface area contributed by atoms with E-state index in [-0.39, 0.29) is 22.9 Å². The Morgan fingerprint density at radius 2 is 1.79 bits per heavy atom. The first kappa shape index (κ1) is 24.5. The number of ether oxygens (including phenoxy) is 1. The van der Waals surface area contributed by atoms with Crippen LogP contribution in [-0.2, 0) is 4.79 Å². The molecule has 0 fully saturated rings. The fourth-order valence-corrected chi connectivity index (χ4v) is 3.97. The molecule has 0 saturated carbocycles. The van der Waals surface area contributed by atoms with Gasteiger partial charge in [0.15, 0.2) is 0 Å². The SMILES string of the molecule is CCCCN(C(=O)CC(C)(C)C)C(C)c1nc2ccccc2c(=O)n1-c1ccc(OC)cc1. The lowest BCUT2D eigenvalue weighted by atomic mass is 9.91. The third kappa shape index (κ3) is 5.62. The highest BCUT2D eigenvalue weighted by Crippen LogP contribution is 2.27. The monoisotopic (exact) mass is 449 g/mol. The molecule has 0 saturated heterocycles. The second kappa shape index (κ2) is 10.2. The summed E-state index contributed by atoms with van der Waals surface area (Å²) in [4.78, 5) is 33.8. The topological polar surface area (TPSA) is 64.4 Å². The number of para-hydroxylation sites is 1. The third-order valence-electron chi connectivity index (χ3n) is 5.73. The maximum atomic E-state index is 13.6. The molecule has 0 aliphatic rings. The summed E-state index contributed by atoms with van der Waals surface area (Å²) in [5, 5.41) is 0.547. The second-order valence-electron chi connectivity index (χ2n) is 9.68. The Morgan fingerprint density at radius 1 is 1.12 bits per heavy atom. The van der Waals surface area contributed by atoms with E-state index in [2.05, 4.69) is 27.7 Å². The molecular weight excluding hydrogens is 414 g/mol. The number of hydrogen-bond donors (Lipinski definition) is 0. The zero-order valence-corrected chi connectivity index (χ0v) is 20.6. The molecule has 1 heterocycles. The predicted molar refractivity (Wildman–Crippen MR) is 133 cm³/mol. The van der Waals surface area contributed by atoms with E-state index in [0.717, 1.165) is 12.8 Å². The molecule has 3 aromatic rings. The minimum absolute atomic E-state index is 0.0761. The van der Waals surface area contributed by atoms with Crippen molar-refractivity contribution in [1.29, 1.82) is 0 Å². The summed E-state index contributed by atoms with van der Waals surface area (Å²) in [7, 11) is 1.61. The molecule has 0 bridgehead atoms. The van der Waals surface area contributed by atoms with Gasteiger partial charge in [0.05, 0.1) is 29.7 Å². The Kier molecular flexibility index (Phi) is 7.57. The highest BCUT2D eigenvalue weighted by atomic mass is 16.5. The van der Waals surface area contributed by atoms with Gasteiger partial charge in [0.1, 0.15) is 11.6 Å². The van der Waals surface area contributed by atoms with Gasteiger partial charge in [0.2, 0.25) is 5.91 Å². The summed E-state index contributed by atoms with van der Waals surface area (Å²) in [6, 6.07) is 14.3. The average Bonchev–Trinajstić information content (AvgIpc) is 2.78. The van der Waals surface area contributed by atoms with Crippen LogP contribution in [-0.4, -0.2) is 34.0 Å². The number of rotatable bonds is 8. The maximum absolute atomic E-state index is 13.6. The Bertz CT molecular complexity index is 1160. The molecule has 2 aromatic carbocycles. The van der Waals surface area contributed by atoms with Gasteiger partial charge < -0.3 is 9.64 Å². The normalized spacial score (nSPS) is 12.5. The molecule has 6 nitrogen and oxygen atoms in total. The predicted octanol–water partition coefficient (Wildman–Crippen LogP) is 5.52. The summed E-state index contributed by atoms with van der Waals surface area (Å²) in [5.41, 5.74) is 1.05. The van der Waals surface area contributed by atoms with Crippen LogP contribution < -0.4 is 10.3 Å². The van der Waals surface area contributed by atoms with E-state index < -0.39 is 0 Å². The molecule has 0 radical (unpaired) electrons. The van der Waals surface area contributed by atoms with Crippen LogP contribution in [0.4, 0.5) is 0 Å². The van der Waals surface area contributed by atoms with Crippen LogP contribution in [0.2, 0.25) is 0 Å². The van der Waals surface area contributed by atoms with E-state index in [1.165, 1.54) is 0 Å². The molecule has 1 aromatic heterocycles. The van der Waals surface area contributed by atoms with Crippen molar-refractivity contribution >= 4 is 16.8 Å². The number of hydrogen-bond acceptors (Lipinski definition) is 4. The summed E-state index contributed by atoms with van der Waals surface area (Å²) in [6.45, 7) is 10.9. The zero-order chi connectivity index (χ0) is 24.2. The smallest absolute Gasteiger partial charge is 0.266 e. The van der Waals surface area contributed by atoms with E-state index in [0.29, 0.717) is 41.1 Å². The highest BCUT2D eigenvalue weighted by Gasteiger charge is 2.29. The van der Waals surface area contributed by atoms with Crippen molar-refractivity contribution in [3.63, 3.8) is 0 Å². The lowest BCUT2D eigenvalue weighted by molar-refractivity contribution is -0.135. The van der Waals surface area contributed by atoms with Crippen LogP contribution >= 0.6 is 0 Å². The largest absolute Gasteiger partial charge is 0.497 e. The van der Waals surface area contributed by atoms with Crippen molar-refractivity contribution in [3.8, 4) is 11.4 Å². The summed E-state index contributed by atoms with van der Waals surface area (Å²) < 4.78 is 6.92. The third-order valence-corrected chi connectivity index (χ3v) is 5.73. The first-order chi connectivity index (χ1) is 15.7. The van der Waals surface area contributed by atoms with Crippen LogP contribution in [0.1, 0.15) is 65.7 Å².